The van der Waals surface area contributed by atoms with E-state index in [0.717, 1.165) is 18.9 Å². The Labute approximate surface area is 199 Å². The van der Waals surface area contributed by atoms with Crippen molar-refractivity contribution in [2.45, 2.75) is 6.42 Å². The highest BCUT2D eigenvalue weighted by Crippen LogP contribution is 2.41. The summed E-state index contributed by atoms with van der Waals surface area (Å²) in [6.07, 6.45) is 6.15. The Hall–Kier alpha value is -3.41. The number of halogens is 2. The van der Waals surface area contributed by atoms with E-state index in [1.165, 1.54) is 6.20 Å². The molecule has 0 fully saturated rings. The molecule has 0 saturated carbocycles. The summed E-state index contributed by atoms with van der Waals surface area (Å²) in [7, 11) is -2.97. The summed E-state index contributed by atoms with van der Waals surface area (Å²) in [6, 6.07) is 9.27. The predicted octanol–water partition coefficient (Wildman–Crippen LogP) is 3.90. The van der Waals surface area contributed by atoms with E-state index in [0.29, 0.717) is 35.3 Å². The zero-order valence-electron chi connectivity index (χ0n) is 18.6. The van der Waals surface area contributed by atoms with Crippen LogP contribution in [0.4, 0.5) is 8.78 Å². The standard InChI is InChI=1S/C22H23F2N4O6P/c1-31-35(29,30)32-14-26-8-2-3-16(12-25)21-11-18(28-34-21)9-15-4-6-19(7-5-15)33-22-20(24)10-17(23)13-27-22/h2-8,10-11,13,26H,9,12,14,25H2,1H3,(H,29,30)/b8-2-,16-3+. The molecule has 3 rings (SSSR count). The number of nitrogens with zero attached hydrogens (tertiary/aromatic N) is 2. The van der Waals surface area contributed by atoms with Crippen LogP contribution in [0.3, 0.4) is 0 Å². The lowest BCUT2D eigenvalue weighted by molar-refractivity contribution is 0.168. The third-order valence-corrected chi connectivity index (χ3v) is 5.36. The number of hydrogen-bond acceptors (Lipinski definition) is 9. The highest BCUT2D eigenvalue weighted by molar-refractivity contribution is 7.47. The first-order valence-electron chi connectivity index (χ1n) is 10.2. The molecule has 35 heavy (non-hydrogen) atoms. The number of hydrogen-bond donors (Lipinski definition) is 3. The molecule has 10 nitrogen and oxygen atoms in total. The molecule has 1 aromatic carbocycles. The first kappa shape index (κ1) is 26.2. The largest absolute Gasteiger partial charge is 0.473 e. The molecular weight excluding hydrogens is 485 g/mol. The van der Waals surface area contributed by atoms with Crippen LogP contribution in [-0.4, -0.2) is 35.4 Å². The molecular formula is C22H23F2N4O6P. The lowest BCUT2D eigenvalue weighted by Gasteiger charge is -2.08. The fourth-order valence-corrected chi connectivity index (χ4v) is 3.07. The molecule has 3 aromatic rings. The second kappa shape index (κ2) is 12.3. The first-order valence-corrected chi connectivity index (χ1v) is 11.6. The van der Waals surface area contributed by atoms with Crippen LogP contribution in [0.2, 0.25) is 0 Å². The SMILES string of the molecule is COP(=O)(O)OCN/C=C\C=C(/CN)c1cc(Cc2ccc(Oc3ncc(F)cc3F)cc2)no1. The van der Waals surface area contributed by atoms with Crippen molar-refractivity contribution in [2.24, 2.45) is 5.73 Å². The molecule has 0 spiro atoms. The number of phosphoric ester groups is 1. The van der Waals surface area contributed by atoms with Gasteiger partial charge in [-0.25, -0.2) is 18.3 Å². The van der Waals surface area contributed by atoms with Gasteiger partial charge in [-0.1, -0.05) is 23.4 Å². The van der Waals surface area contributed by atoms with Crippen LogP contribution in [-0.2, 0) is 20.0 Å². The fourth-order valence-electron chi connectivity index (χ4n) is 2.72. The summed E-state index contributed by atoms with van der Waals surface area (Å²) in [5.74, 6) is -1.17. The Morgan fingerprint density at radius 3 is 2.74 bits per heavy atom. The van der Waals surface area contributed by atoms with Crippen LogP contribution in [0.15, 0.2) is 65.5 Å². The molecule has 1 unspecified atom stereocenters. The smallest absolute Gasteiger partial charge is 0.436 e. The molecule has 0 aliphatic rings. The lowest BCUT2D eigenvalue weighted by Crippen LogP contribution is -2.09. The summed E-state index contributed by atoms with van der Waals surface area (Å²) < 4.78 is 57.4. The van der Waals surface area contributed by atoms with E-state index < -0.39 is 19.5 Å². The summed E-state index contributed by atoms with van der Waals surface area (Å²) in [5.41, 5.74) is 8.02. The molecule has 2 heterocycles. The number of nitrogens with one attached hydrogen (secondary N) is 1. The van der Waals surface area contributed by atoms with Gasteiger partial charge in [-0.3, -0.25) is 9.05 Å². The molecule has 2 aromatic heterocycles. The maximum atomic E-state index is 13.7. The second-order valence-corrected chi connectivity index (χ2v) is 8.49. The number of allylic oxidation sites excluding steroid dienone is 2. The van der Waals surface area contributed by atoms with E-state index in [1.54, 1.807) is 42.5 Å². The van der Waals surface area contributed by atoms with E-state index in [4.69, 9.17) is 19.9 Å². The van der Waals surface area contributed by atoms with Crippen molar-refractivity contribution < 1.29 is 36.5 Å². The topological polar surface area (TPSA) is 142 Å². The number of ether oxygens (including phenoxy) is 1. The van der Waals surface area contributed by atoms with Gasteiger partial charge >= 0.3 is 7.82 Å². The van der Waals surface area contributed by atoms with Crippen LogP contribution in [0.1, 0.15) is 17.0 Å². The lowest BCUT2D eigenvalue weighted by atomic mass is 10.1. The summed E-state index contributed by atoms with van der Waals surface area (Å²) >= 11 is 0. The van der Waals surface area contributed by atoms with Crippen molar-refractivity contribution in [1.29, 1.82) is 0 Å². The highest BCUT2D eigenvalue weighted by atomic mass is 31.2. The summed E-state index contributed by atoms with van der Waals surface area (Å²) in [6.45, 7) is -0.0411. The van der Waals surface area contributed by atoms with Crippen molar-refractivity contribution >= 4 is 13.4 Å². The Morgan fingerprint density at radius 1 is 1.29 bits per heavy atom. The zero-order chi connectivity index (χ0) is 25.3. The average Bonchev–Trinajstić information content (AvgIpc) is 3.29. The monoisotopic (exact) mass is 508 g/mol. The number of rotatable bonds is 12. The van der Waals surface area contributed by atoms with Gasteiger partial charge in [-0.05, 0) is 30.0 Å². The van der Waals surface area contributed by atoms with E-state index in [-0.39, 0.29) is 19.2 Å². The van der Waals surface area contributed by atoms with Crippen molar-refractivity contribution in [3.05, 3.63) is 89.6 Å². The van der Waals surface area contributed by atoms with Gasteiger partial charge in [-0.15, -0.1) is 0 Å². The van der Waals surface area contributed by atoms with Crippen molar-refractivity contribution in [2.75, 3.05) is 20.4 Å². The Morgan fingerprint density at radius 2 is 2.06 bits per heavy atom. The van der Waals surface area contributed by atoms with Crippen molar-refractivity contribution in [3.63, 3.8) is 0 Å². The number of pyridine rings is 1. The number of nitrogens with two attached hydrogens (primary N) is 1. The van der Waals surface area contributed by atoms with Crippen LogP contribution in [0, 0.1) is 11.6 Å². The van der Waals surface area contributed by atoms with E-state index >= 15 is 0 Å². The molecule has 0 saturated heterocycles. The van der Waals surface area contributed by atoms with E-state index in [9.17, 15) is 13.3 Å². The maximum absolute atomic E-state index is 13.7. The third kappa shape index (κ3) is 8.09. The van der Waals surface area contributed by atoms with Gasteiger partial charge in [0.15, 0.2) is 11.6 Å². The molecule has 13 heteroatoms. The molecule has 186 valence electrons. The van der Waals surface area contributed by atoms with Crippen LogP contribution in [0.25, 0.3) is 5.57 Å². The van der Waals surface area contributed by atoms with Crippen LogP contribution in [0.5, 0.6) is 11.6 Å². The molecule has 0 radical (unpaired) electrons. The van der Waals surface area contributed by atoms with E-state index in [1.807, 2.05) is 0 Å². The molecule has 0 bridgehead atoms. The Bertz CT molecular complexity index is 1230. The number of phosphoric acid groups is 1. The molecule has 0 amide bonds. The summed E-state index contributed by atoms with van der Waals surface area (Å²) in [4.78, 5) is 12.7. The van der Waals surface area contributed by atoms with Gasteiger partial charge in [0.2, 0.25) is 0 Å². The number of aromatic nitrogens is 2. The van der Waals surface area contributed by atoms with Gasteiger partial charge in [0.25, 0.3) is 5.88 Å². The van der Waals surface area contributed by atoms with Gasteiger partial charge < -0.3 is 25.2 Å². The first-order chi connectivity index (χ1) is 16.8. The Balaban J connectivity index is 1.56. The van der Waals surface area contributed by atoms with Crippen LogP contribution >= 0.6 is 7.82 Å². The van der Waals surface area contributed by atoms with Crippen molar-refractivity contribution in [3.8, 4) is 11.6 Å². The fraction of sp³-hybridized carbons (Fsp3) is 0.182. The average molecular weight is 508 g/mol. The van der Waals surface area contributed by atoms with Crippen LogP contribution < -0.4 is 15.8 Å². The zero-order valence-corrected chi connectivity index (χ0v) is 19.5. The van der Waals surface area contributed by atoms with Gasteiger partial charge in [-0.2, -0.15) is 0 Å². The minimum atomic E-state index is -4.04. The maximum Gasteiger partial charge on any atom is 0.473 e. The van der Waals surface area contributed by atoms with Crippen molar-refractivity contribution in [1.82, 2.24) is 15.5 Å². The molecule has 0 aliphatic heterocycles. The summed E-state index contributed by atoms with van der Waals surface area (Å²) in [5, 5.41) is 6.73. The van der Waals surface area contributed by atoms with Gasteiger partial charge in [0.05, 0.1) is 11.9 Å². The second-order valence-electron chi connectivity index (χ2n) is 6.93. The quantitative estimate of drug-likeness (QED) is 0.143. The normalized spacial score (nSPS) is 13.7. The molecule has 4 N–H and O–H groups in total. The minimum absolute atomic E-state index is 0.186. The number of benzene rings is 1. The third-order valence-electron chi connectivity index (χ3n) is 4.45. The highest BCUT2D eigenvalue weighted by Gasteiger charge is 2.17. The van der Waals surface area contributed by atoms with Gasteiger partial charge in [0, 0.05) is 37.8 Å². The minimum Gasteiger partial charge on any atom is -0.436 e. The molecule has 1 atom stereocenters. The predicted molar refractivity (Wildman–Crippen MR) is 122 cm³/mol. The Kier molecular flexibility index (Phi) is 9.24. The van der Waals surface area contributed by atoms with Gasteiger partial charge in [0.1, 0.15) is 18.3 Å². The molecule has 0 aliphatic carbocycles. The van der Waals surface area contributed by atoms with E-state index in [2.05, 4.69) is 24.5 Å².